The van der Waals surface area contributed by atoms with Crippen LogP contribution in [0.25, 0.3) is 22.6 Å². The highest BCUT2D eigenvalue weighted by Gasteiger charge is 2.22. The summed E-state index contributed by atoms with van der Waals surface area (Å²) in [6.07, 6.45) is 2.74. The smallest absolute Gasteiger partial charge is 0.333 e. The highest BCUT2D eigenvalue weighted by molar-refractivity contribution is 5.77. The Morgan fingerprint density at radius 3 is 2.47 bits per heavy atom. The van der Waals surface area contributed by atoms with E-state index in [2.05, 4.69) is 24.0 Å². The number of nitrogens with zero attached hydrogens (tertiary/aromatic N) is 5. The largest absolute Gasteiger partial charge is 0.465 e. The van der Waals surface area contributed by atoms with E-state index in [1.165, 1.54) is 17.2 Å². The van der Waals surface area contributed by atoms with E-state index in [1.54, 1.807) is 17.5 Å². The molecule has 1 aromatic carbocycles. The zero-order valence-electron chi connectivity index (χ0n) is 17.4. The average molecular weight is 409 g/mol. The Morgan fingerprint density at radius 1 is 1.13 bits per heavy atom. The van der Waals surface area contributed by atoms with Crippen molar-refractivity contribution in [2.24, 2.45) is 7.05 Å². The van der Waals surface area contributed by atoms with E-state index in [-0.39, 0.29) is 17.8 Å². The minimum atomic E-state index is -0.637. The number of ether oxygens (including phenoxy) is 1. The van der Waals surface area contributed by atoms with E-state index >= 15 is 0 Å². The second-order valence-corrected chi connectivity index (χ2v) is 7.12. The summed E-state index contributed by atoms with van der Waals surface area (Å²) in [4.78, 5) is 42.3. The Morgan fingerprint density at radius 2 is 1.83 bits per heavy atom. The van der Waals surface area contributed by atoms with Gasteiger partial charge in [-0.2, -0.15) is 4.98 Å². The molecule has 4 aromatic rings. The normalized spacial score (nSPS) is 11.5. The molecule has 0 saturated heterocycles. The Kier molecular flexibility index (Phi) is 4.81. The van der Waals surface area contributed by atoms with Gasteiger partial charge in [0.2, 0.25) is 5.78 Å². The van der Waals surface area contributed by atoms with Crippen LogP contribution in [0.2, 0.25) is 0 Å². The predicted octanol–water partition coefficient (Wildman–Crippen LogP) is 1.57. The number of carbonyl (C=O) groups is 1. The van der Waals surface area contributed by atoms with Crippen molar-refractivity contribution >= 4 is 22.9 Å². The number of hydrogen-bond donors (Lipinski definition) is 0. The first-order chi connectivity index (χ1) is 14.4. The number of esters is 1. The molecule has 9 nitrogen and oxygen atoms in total. The lowest BCUT2D eigenvalue weighted by molar-refractivity contribution is -0.143. The lowest BCUT2D eigenvalue weighted by atomic mass is 10.1. The number of rotatable bonds is 5. The topological polar surface area (TPSA) is 92.5 Å². The molecule has 0 aliphatic carbocycles. The monoisotopic (exact) mass is 409 g/mol. The van der Waals surface area contributed by atoms with Crippen molar-refractivity contribution in [1.29, 1.82) is 0 Å². The Labute approximate surface area is 171 Å². The van der Waals surface area contributed by atoms with Crippen LogP contribution in [0, 0.1) is 6.92 Å². The summed E-state index contributed by atoms with van der Waals surface area (Å²) >= 11 is 0. The van der Waals surface area contributed by atoms with Crippen LogP contribution in [-0.4, -0.2) is 35.7 Å². The molecule has 3 aromatic heterocycles. The SMILES string of the molecule is CCOC(=O)Cn1c(=O)c2c(nc3n(-c4ccc(CC)cc4)c(C)cn23)n(C)c1=O. The Hall–Kier alpha value is -3.62. The van der Waals surface area contributed by atoms with Crippen LogP contribution in [0.5, 0.6) is 0 Å². The third-order valence-corrected chi connectivity index (χ3v) is 5.22. The van der Waals surface area contributed by atoms with Crippen molar-refractivity contribution in [2.45, 2.75) is 33.7 Å². The van der Waals surface area contributed by atoms with Gasteiger partial charge in [0.05, 0.1) is 6.61 Å². The maximum atomic E-state index is 13.1. The van der Waals surface area contributed by atoms with Crippen LogP contribution < -0.4 is 11.2 Å². The highest BCUT2D eigenvalue weighted by atomic mass is 16.5. The molecule has 3 heterocycles. The molecule has 0 aliphatic heterocycles. The predicted molar refractivity (Wildman–Crippen MR) is 112 cm³/mol. The van der Waals surface area contributed by atoms with Gasteiger partial charge in [-0.25, -0.2) is 9.36 Å². The molecule has 4 rings (SSSR count). The molecule has 9 heteroatoms. The summed E-state index contributed by atoms with van der Waals surface area (Å²) in [7, 11) is 1.53. The van der Waals surface area contributed by atoms with Gasteiger partial charge < -0.3 is 4.74 Å². The average Bonchev–Trinajstić information content (AvgIpc) is 3.24. The molecule has 0 amide bonds. The zero-order valence-corrected chi connectivity index (χ0v) is 17.4. The molecule has 0 fully saturated rings. The fourth-order valence-corrected chi connectivity index (χ4v) is 3.69. The Balaban J connectivity index is 1.98. The number of benzene rings is 1. The number of imidazole rings is 2. The lowest BCUT2D eigenvalue weighted by Crippen LogP contribution is -2.41. The summed E-state index contributed by atoms with van der Waals surface area (Å²) < 4.78 is 10.7. The number of aryl methyl sites for hydroxylation is 3. The van der Waals surface area contributed by atoms with Gasteiger partial charge >= 0.3 is 11.7 Å². The van der Waals surface area contributed by atoms with Crippen molar-refractivity contribution in [3.05, 3.63) is 62.6 Å². The summed E-state index contributed by atoms with van der Waals surface area (Å²) in [6.45, 7) is 5.41. The fourth-order valence-electron chi connectivity index (χ4n) is 3.69. The first kappa shape index (κ1) is 19.7. The van der Waals surface area contributed by atoms with E-state index in [1.807, 2.05) is 23.6 Å². The molecule has 0 bridgehead atoms. The van der Waals surface area contributed by atoms with Gasteiger partial charge in [0.25, 0.3) is 5.56 Å². The van der Waals surface area contributed by atoms with Gasteiger partial charge in [-0.1, -0.05) is 19.1 Å². The van der Waals surface area contributed by atoms with Crippen LogP contribution in [0.1, 0.15) is 25.1 Å². The summed E-state index contributed by atoms with van der Waals surface area (Å²) in [5, 5.41) is 0. The van der Waals surface area contributed by atoms with E-state index in [0.29, 0.717) is 5.78 Å². The third kappa shape index (κ3) is 2.94. The summed E-state index contributed by atoms with van der Waals surface area (Å²) in [5.41, 5.74) is 2.32. The molecule has 0 spiro atoms. The number of carbonyl (C=O) groups excluding carboxylic acids is 1. The van der Waals surface area contributed by atoms with Gasteiger partial charge in [-0.3, -0.25) is 23.1 Å². The minimum Gasteiger partial charge on any atom is -0.465 e. The van der Waals surface area contributed by atoms with Gasteiger partial charge in [0.1, 0.15) is 6.54 Å². The van der Waals surface area contributed by atoms with Crippen molar-refractivity contribution in [3.63, 3.8) is 0 Å². The maximum absolute atomic E-state index is 13.1. The van der Waals surface area contributed by atoms with Crippen molar-refractivity contribution in [1.82, 2.24) is 23.1 Å². The lowest BCUT2D eigenvalue weighted by Gasteiger charge is -2.07. The van der Waals surface area contributed by atoms with Crippen LogP contribution in [-0.2, 0) is 29.5 Å². The molecule has 0 atom stereocenters. The standard InChI is InChI=1S/C21H23N5O4/c1-5-14-7-9-15(10-8-14)26-13(3)11-24-17-18(22-20(24)26)23(4)21(29)25(19(17)28)12-16(27)30-6-2/h7-11H,5-6,12H2,1-4H3. The van der Waals surface area contributed by atoms with Crippen LogP contribution in [0.15, 0.2) is 40.1 Å². The minimum absolute atomic E-state index is 0.173. The quantitative estimate of drug-likeness (QED) is 0.467. The zero-order chi connectivity index (χ0) is 21.6. The summed E-state index contributed by atoms with van der Waals surface area (Å²) in [5.74, 6) is -0.116. The second-order valence-electron chi connectivity index (χ2n) is 7.12. The molecule has 0 saturated carbocycles. The second kappa shape index (κ2) is 7.33. The van der Waals surface area contributed by atoms with E-state index in [0.717, 1.165) is 22.4 Å². The van der Waals surface area contributed by atoms with Crippen molar-refractivity contribution in [2.75, 3.05) is 6.61 Å². The van der Waals surface area contributed by atoms with E-state index in [4.69, 9.17) is 4.74 Å². The van der Waals surface area contributed by atoms with E-state index < -0.39 is 23.8 Å². The molecule has 0 radical (unpaired) electrons. The van der Waals surface area contributed by atoms with E-state index in [9.17, 15) is 14.4 Å². The molecule has 30 heavy (non-hydrogen) atoms. The van der Waals surface area contributed by atoms with Crippen molar-refractivity contribution in [3.8, 4) is 5.69 Å². The fraction of sp³-hybridized carbons (Fsp3) is 0.333. The van der Waals surface area contributed by atoms with Gasteiger partial charge in [0.15, 0.2) is 11.2 Å². The van der Waals surface area contributed by atoms with Gasteiger partial charge in [0, 0.05) is 24.6 Å². The molecule has 156 valence electrons. The molecule has 0 aliphatic rings. The molecule has 0 unspecified atom stereocenters. The van der Waals surface area contributed by atoms with Crippen molar-refractivity contribution < 1.29 is 9.53 Å². The third-order valence-electron chi connectivity index (χ3n) is 5.22. The first-order valence-electron chi connectivity index (χ1n) is 9.82. The number of aromatic nitrogens is 5. The van der Waals surface area contributed by atoms with Crippen LogP contribution >= 0.6 is 0 Å². The first-order valence-corrected chi connectivity index (χ1v) is 9.82. The van der Waals surface area contributed by atoms with Gasteiger partial charge in [-0.05, 0) is 38.0 Å². The van der Waals surface area contributed by atoms with Crippen LogP contribution in [0.3, 0.4) is 0 Å². The van der Waals surface area contributed by atoms with Crippen LogP contribution in [0.4, 0.5) is 0 Å². The highest BCUT2D eigenvalue weighted by Crippen LogP contribution is 2.21. The summed E-state index contributed by atoms with van der Waals surface area (Å²) in [6, 6.07) is 8.11. The van der Waals surface area contributed by atoms with Gasteiger partial charge in [-0.15, -0.1) is 0 Å². The molecular weight excluding hydrogens is 386 g/mol. The molecule has 0 N–H and O–H groups in total. The maximum Gasteiger partial charge on any atom is 0.333 e. The Bertz CT molecular complexity index is 1390. The number of fused-ring (bicyclic) bond motifs is 3. The molecular formula is C21H23N5O4. The number of hydrogen-bond acceptors (Lipinski definition) is 5.